The molecule has 0 fully saturated rings. The number of halogens is 1. The Bertz CT molecular complexity index is 375. The van der Waals surface area contributed by atoms with E-state index >= 15 is 0 Å². The van der Waals surface area contributed by atoms with Crippen LogP contribution in [0.15, 0.2) is 18.2 Å². The minimum absolute atomic E-state index is 0.192. The maximum atomic E-state index is 9.81. The summed E-state index contributed by atoms with van der Waals surface area (Å²) >= 11 is 6.03. The summed E-state index contributed by atoms with van der Waals surface area (Å²) in [6.07, 6.45) is 0.0522. The Morgan fingerprint density at radius 3 is 2.59 bits per heavy atom. The van der Waals surface area contributed by atoms with Crippen molar-refractivity contribution < 1.29 is 14.9 Å². The quantitative estimate of drug-likeness (QED) is 0.854. The van der Waals surface area contributed by atoms with Gasteiger partial charge in [0, 0.05) is 0 Å². The summed E-state index contributed by atoms with van der Waals surface area (Å²) in [6, 6.07) is 5.13. The Morgan fingerprint density at radius 2 is 2.12 bits per heavy atom. The maximum absolute atomic E-state index is 9.81. The Morgan fingerprint density at radius 1 is 1.47 bits per heavy atom. The number of rotatable bonds is 5. The van der Waals surface area contributed by atoms with Gasteiger partial charge in [-0.3, -0.25) is 0 Å². The molecule has 0 aliphatic rings. The minimum atomic E-state index is -0.855. The molecule has 17 heavy (non-hydrogen) atoms. The Balaban J connectivity index is 2.73. The third kappa shape index (κ3) is 4.19. The number of benzene rings is 1. The van der Waals surface area contributed by atoms with Crippen molar-refractivity contribution in [2.24, 2.45) is 0 Å². The van der Waals surface area contributed by atoms with Crippen LogP contribution in [0.3, 0.4) is 0 Å². The van der Waals surface area contributed by atoms with E-state index in [2.05, 4.69) is 0 Å². The van der Waals surface area contributed by atoms with Gasteiger partial charge in [-0.15, -0.1) is 0 Å². The molecule has 0 saturated carbocycles. The lowest BCUT2D eigenvalue weighted by Gasteiger charge is -2.22. The van der Waals surface area contributed by atoms with Gasteiger partial charge in [0.2, 0.25) is 0 Å². The normalized spacial score (nSPS) is 16.4. The summed E-state index contributed by atoms with van der Waals surface area (Å²) in [7, 11) is 0. The van der Waals surface area contributed by atoms with E-state index in [9.17, 15) is 10.2 Å². The largest absolute Gasteiger partial charge is 0.489 e. The summed E-state index contributed by atoms with van der Waals surface area (Å²) in [5.74, 6) is 0.518. The van der Waals surface area contributed by atoms with Gasteiger partial charge in [0.25, 0.3) is 0 Å². The summed E-state index contributed by atoms with van der Waals surface area (Å²) in [6.45, 7) is 5.47. The molecule has 4 heteroatoms. The molecule has 1 unspecified atom stereocenters. The molecule has 0 spiro atoms. The van der Waals surface area contributed by atoms with E-state index in [0.29, 0.717) is 17.2 Å². The average molecular weight is 259 g/mol. The molecule has 3 nitrogen and oxygen atoms in total. The first kappa shape index (κ1) is 14.3. The van der Waals surface area contributed by atoms with Crippen LogP contribution >= 0.6 is 11.6 Å². The number of hydrogen-bond acceptors (Lipinski definition) is 3. The molecule has 0 heterocycles. The zero-order valence-electron chi connectivity index (χ0n) is 10.4. The standard InChI is InChI=1S/C13H19ClO3/c1-4-13(3,16)8-17-12-6-5-10(9(2)15)7-11(12)14/h5-7,9,15-16H,4,8H2,1-3H3/t9-,13?/m0/s1. The number of ether oxygens (including phenoxy) is 1. The van der Waals surface area contributed by atoms with Gasteiger partial charge in [0.15, 0.2) is 0 Å². The summed E-state index contributed by atoms with van der Waals surface area (Å²) in [5, 5.41) is 19.6. The summed E-state index contributed by atoms with van der Waals surface area (Å²) in [4.78, 5) is 0. The van der Waals surface area contributed by atoms with Crippen molar-refractivity contribution >= 4 is 11.6 Å². The highest BCUT2D eigenvalue weighted by atomic mass is 35.5. The van der Waals surface area contributed by atoms with E-state index in [1.807, 2.05) is 6.92 Å². The molecule has 96 valence electrons. The van der Waals surface area contributed by atoms with E-state index in [4.69, 9.17) is 16.3 Å². The van der Waals surface area contributed by atoms with E-state index in [1.165, 1.54) is 0 Å². The van der Waals surface area contributed by atoms with Gasteiger partial charge in [-0.2, -0.15) is 0 Å². The zero-order valence-corrected chi connectivity index (χ0v) is 11.2. The van der Waals surface area contributed by atoms with Gasteiger partial charge in [0.1, 0.15) is 12.4 Å². The van der Waals surface area contributed by atoms with Crippen molar-refractivity contribution in [2.45, 2.75) is 38.9 Å². The predicted molar refractivity (Wildman–Crippen MR) is 68.5 cm³/mol. The lowest BCUT2D eigenvalue weighted by molar-refractivity contribution is 0.00848. The molecule has 0 aliphatic carbocycles. The fourth-order valence-corrected chi connectivity index (χ4v) is 1.47. The van der Waals surface area contributed by atoms with Crippen molar-refractivity contribution in [1.82, 2.24) is 0 Å². The zero-order chi connectivity index (χ0) is 13.1. The smallest absolute Gasteiger partial charge is 0.138 e. The number of hydrogen-bond donors (Lipinski definition) is 2. The minimum Gasteiger partial charge on any atom is -0.489 e. The topological polar surface area (TPSA) is 49.7 Å². The maximum Gasteiger partial charge on any atom is 0.138 e. The molecule has 0 radical (unpaired) electrons. The van der Waals surface area contributed by atoms with Crippen LogP contribution in [0.4, 0.5) is 0 Å². The average Bonchev–Trinajstić information content (AvgIpc) is 2.27. The van der Waals surface area contributed by atoms with Crippen LogP contribution in [0.5, 0.6) is 5.75 Å². The SMILES string of the molecule is CCC(C)(O)COc1ccc([C@H](C)O)cc1Cl. The summed E-state index contributed by atoms with van der Waals surface area (Å²) < 4.78 is 5.46. The molecule has 1 rings (SSSR count). The number of aliphatic hydroxyl groups is 2. The van der Waals surface area contributed by atoms with Crippen LogP contribution < -0.4 is 4.74 Å². The van der Waals surface area contributed by atoms with Crippen LogP contribution in [0.2, 0.25) is 5.02 Å². The molecule has 0 aliphatic heterocycles. The first-order valence-corrected chi connectivity index (χ1v) is 6.06. The van der Waals surface area contributed by atoms with Crippen LogP contribution in [-0.2, 0) is 0 Å². The third-order valence-corrected chi connectivity index (χ3v) is 3.03. The Hall–Kier alpha value is -0.770. The fraction of sp³-hybridized carbons (Fsp3) is 0.538. The second kappa shape index (κ2) is 5.71. The summed E-state index contributed by atoms with van der Waals surface area (Å²) in [5.41, 5.74) is -0.115. The van der Waals surface area contributed by atoms with Gasteiger partial charge in [-0.25, -0.2) is 0 Å². The monoisotopic (exact) mass is 258 g/mol. The van der Waals surface area contributed by atoms with E-state index < -0.39 is 11.7 Å². The molecular weight excluding hydrogens is 240 g/mol. The van der Waals surface area contributed by atoms with Gasteiger partial charge < -0.3 is 14.9 Å². The second-order valence-corrected chi connectivity index (χ2v) is 4.91. The fourth-order valence-electron chi connectivity index (χ4n) is 1.23. The molecule has 0 amide bonds. The van der Waals surface area contributed by atoms with Gasteiger partial charge in [-0.1, -0.05) is 24.6 Å². The molecule has 2 N–H and O–H groups in total. The van der Waals surface area contributed by atoms with Gasteiger partial charge in [-0.05, 0) is 38.0 Å². The van der Waals surface area contributed by atoms with Crippen LogP contribution in [0, 0.1) is 0 Å². The van der Waals surface area contributed by atoms with Crippen LogP contribution in [0.1, 0.15) is 38.9 Å². The van der Waals surface area contributed by atoms with Gasteiger partial charge in [0.05, 0.1) is 16.7 Å². The van der Waals surface area contributed by atoms with Crippen LogP contribution in [0.25, 0.3) is 0 Å². The Labute approximate surface area is 107 Å². The molecule has 0 aromatic heterocycles. The first-order chi connectivity index (χ1) is 7.85. The highest BCUT2D eigenvalue weighted by molar-refractivity contribution is 6.32. The lowest BCUT2D eigenvalue weighted by atomic mass is 10.1. The van der Waals surface area contributed by atoms with Crippen molar-refractivity contribution in [2.75, 3.05) is 6.61 Å². The van der Waals surface area contributed by atoms with Crippen LogP contribution in [-0.4, -0.2) is 22.4 Å². The van der Waals surface area contributed by atoms with Gasteiger partial charge >= 0.3 is 0 Å². The van der Waals surface area contributed by atoms with E-state index in [1.54, 1.807) is 32.0 Å². The lowest BCUT2D eigenvalue weighted by Crippen LogP contribution is -2.31. The van der Waals surface area contributed by atoms with Crippen molar-refractivity contribution in [1.29, 1.82) is 0 Å². The molecular formula is C13H19ClO3. The van der Waals surface area contributed by atoms with E-state index in [0.717, 1.165) is 5.56 Å². The predicted octanol–water partition coefficient (Wildman–Crippen LogP) is 2.93. The molecule has 2 atom stereocenters. The number of aliphatic hydroxyl groups excluding tert-OH is 1. The highest BCUT2D eigenvalue weighted by Gasteiger charge is 2.19. The molecule has 1 aromatic carbocycles. The van der Waals surface area contributed by atoms with Crippen molar-refractivity contribution in [3.05, 3.63) is 28.8 Å². The van der Waals surface area contributed by atoms with Crippen molar-refractivity contribution in [3.8, 4) is 5.75 Å². The highest BCUT2D eigenvalue weighted by Crippen LogP contribution is 2.28. The Kier molecular flexibility index (Phi) is 4.80. The molecule has 0 saturated heterocycles. The van der Waals surface area contributed by atoms with E-state index in [-0.39, 0.29) is 6.61 Å². The van der Waals surface area contributed by atoms with Crippen molar-refractivity contribution in [3.63, 3.8) is 0 Å². The molecule has 1 aromatic rings. The third-order valence-electron chi connectivity index (χ3n) is 2.74. The second-order valence-electron chi connectivity index (χ2n) is 4.51. The molecule has 0 bridgehead atoms. The first-order valence-electron chi connectivity index (χ1n) is 5.68.